The fraction of sp³-hybridized carbons (Fsp3) is 0.367. The molecular formula is C30H33N3O3S. The second-order valence-corrected chi connectivity index (χ2v) is 11.6. The molecule has 0 radical (unpaired) electrons. The molecule has 2 aromatic carbocycles. The van der Waals surface area contributed by atoms with Crippen LogP contribution in [0.5, 0.6) is 5.75 Å². The number of ether oxygens (including phenoxy) is 1. The van der Waals surface area contributed by atoms with E-state index in [1.54, 1.807) is 7.11 Å². The molecule has 37 heavy (non-hydrogen) atoms. The lowest BCUT2D eigenvalue weighted by Gasteiger charge is -2.39. The molecule has 7 heteroatoms. The van der Waals surface area contributed by atoms with Gasteiger partial charge in [0.05, 0.1) is 35.5 Å². The number of amides is 1. The Morgan fingerprint density at radius 2 is 1.81 bits per heavy atom. The van der Waals surface area contributed by atoms with E-state index < -0.39 is 5.92 Å². The monoisotopic (exact) mass is 515 g/mol. The van der Waals surface area contributed by atoms with Gasteiger partial charge in [0.2, 0.25) is 5.91 Å². The van der Waals surface area contributed by atoms with Gasteiger partial charge in [-0.2, -0.15) is 5.26 Å². The van der Waals surface area contributed by atoms with Crippen LogP contribution in [0.15, 0.2) is 58.3 Å². The van der Waals surface area contributed by atoms with Crippen molar-refractivity contribution in [2.24, 2.45) is 5.41 Å². The maximum atomic E-state index is 13.4. The van der Waals surface area contributed by atoms with Gasteiger partial charge < -0.3 is 15.4 Å². The van der Waals surface area contributed by atoms with Crippen molar-refractivity contribution < 1.29 is 14.3 Å². The summed E-state index contributed by atoms with van der Waals surface area (Å²) >= 11 is 1.30. The molecule has 0 saturated carbocycles. The Morgan fingerprint density at radius 1 is 1.16 bits per heavy atom. The lowest BCUT2D eigenvalue weighted by Crippen LogP contribution is -2.37. The number of nitrogens with zero attached hydrogens (tertiary/aromatic N) is 1. The maximum absolute atomic E-state index is 13.4. The van der Waals surface area contributed by atoms with Crippen molar-refractivity contribution in [2.45, 2.75) is 53.4 Å². The molecule has 192 valence electrons. The number of allylic oxidation sites excluding steroid dienone is 3. The van der Waals surface area contributed by atoms with E-state index in [0.717, 1.165) is 33.6 Å². The van der Waals surface area contributed by atoms with Gasteiger partial charge in [0.1, 0.15) is 5.75 Å². The molecule has 2 aliphatic rings. The molecule has 2 N–H and O–H groups in total. The topological polar surface area (TPSA) is 91.2 Å². The van der Waals surface area contributed by atoms with Crippen LogP contribution in [0.4, 0.5) is 5.69 Å². The fourth-order valence-corrected chi connectivity index (χ4v) is 6.17. The van der Waals surface area contributed by atoms with Crippen LogP contribution in [0, 0.1) is 37.5 Å². The lowest BCUT2D eigenvalue weighted by molar-refractivity contribution is -0.118. The summed E-state index contributed by atoms with van der Waals surface area (Å²) in [5.74, 6) is 0.267. The second kappa shape index (κ2) is 10.5. The minimum absolute atomic E-state index is 0.0550. The number of methoxy groups -OCH3 is 1. The molecule has 0 spiro atoms. The number of Topliss-reactive ketones (excluding diaryl/α,β-unsaturated/α-hetero) is 1. The number of rotatable bonds is 6. The first kappa shape index (κ1) is 26.6. The highest BCUT2D eigenvalue weighted by molar-refractivity contribution is 8.03. The molecule has 0 unspecified atom stereocenters. The molecule has 6 nitrogen and oxygen atoms in total. The van der Waals surface area contributed by atoms with Crippen molar-refractivity contribution in [3.63, 3.8) is 0 Å². The Labute approximate surface area is 223 Å². The maximum Gasteiger partial charge on any atom is 0.234 e. The number of nitrogens with one attached hydrogen (secondary N) is 2. The number of benzene rings is 2. The molecule has 0 fully saturated rings. The first-order chi connectivity index (χ1) is 17.5. The van der Waals surface area contributed by atoms with Crippen molar-refractivity contribution in [3.8, 4) is 11.8 Å². The summed E-state index contributed by atoms with van der Waals surface area (Å²) in [6.45, 7) is 10.2. The predicted octanol–water partition coefficient (Wildman–Crippen LogP) is 6.06. The van der Waals surface area contributed by atoms with Gasteiger partial charge in [-0.1, -0.05) is 55.4 Å². The minimum atomic E-state index is -0.483. The summed E-state index contributed by atoms with van der Waals surface area (Å²) in [5, 5.41) is 17.3. The van der Waals surface area contributed by atoms with E-state index in [4.69, 9.17) is 4.74 Å². The highest BCUT2D eigenvalue weighted by atomic mass is 32.2. The van der Waals surface area contributed by atoms with Gasteiger partial charge in [-0.05, 0) is 61.4 Å². The molecule has 1 aliphatic heterocycles. The molecule has 1 aliphatic carbocycles. The van der Waals surface area contributed by atoms with Crippen molar-refractivity contribution in [1.82, 2.24) is 5.32 Å². The molecule has 2 aromatic rings. The van der Waals surface area contributed by atoms with Gasteiger partial charge >= 0.3 is 0 Å². The van der Waals surface area contributed by atoms with E-state index in [-0.39, 0.29) is 22.9 Å². The van der Waals surface area contributed by atoms with E-state index in [9.17, 15) is 14.9 Å². The van der Waals surface area contributed by atoms with Gasteiger partial charge in [-0.25, -0.2) is 0 Å². The van der Waals surface area contributed by atoms with Crippen molar-refractivity contribution in [1.29, 1.82) is 5.26 Å². The molecule has 0 saturated heterocycles. The van der Waals surface area contributed by atoms with Crippen LogP contribution in [-0.4, -0.2) is 24.6 Å². The zero-order chi connectivity index (χ0) is 26.9. The van der Waals surface area contributed by atoms with Crippen molar-refractivity contribution in [3.05, 3.63) is 80.5 Å². The fourth-order valence-electron chi connectivity index (χ4n) is 5.31. The molecule has 1 amide bonds. The van der Waals surface area contributed by atoms with Gasteiger partial charge in [0, 0.05) is 23.4 Å². The SMILES string of the molecule is COc1ccc([C@@H]2C(C#N)=C(SCC(=O)Nc3c(C)cc(C)cc3C)NC3=C2C(=O)CC(C)(C)C3)cc1. The highest BCUT2D eigenvalue weighted by Gasteiger charge is 2.42. The summed E-state index contributed by atoms with van der Waals surface area (Å²) in [5.41, 5.74) is 6.62. The third-order valence-corrected chi connectivity index (χ3v) is 7.88. The first-order valence-corrected chi connectivity index (χ1v) is 13.3. The van der Waals surface area contributed by atoms with Crippen LogP contribution >= 0.6 is 11.8 Å². The number of aryl methyl sites for hydroxylation is 3. The van der Waals surface area contributed by atoms with Crippen LogP contribution in [0.25, 0.3) is 0 Å². The quantitative estimate of drug-likeness (QED) is 0.486. The summed E-state index contributed by atoms with van der Waals surface area (Å²) in [6, 6.07) is 13.9. The van der Waals surface area contributed by atoms with E-state index in [0.29, 0.717) is 34.8 Å². The number of ketones is 1. The summed E-state index contributed by atoms with van der Waals surface area (Å²) in [7, 11) is 1.60. The Morgan fingerprint density at radius 3 is 2.41 bits per heavy atom. The van der Waals surface area contributed by atoms with E-state index in [1.165, 1.54) is 11.8 Å². The standard InChI is InChI=1S/C30H33N3O3S/c1-17-11-18(2)28(19(3)12-17)33-25(35)16-37-29-22(15-31)26(20-7-9-21(36-6)10-8-20)27-23(32-29)13-30(4,5)14-24(27)34/h7-12,26,32H,13-14,16H2,1-6H3,(H,33,35)/t26-/m1/s1. The number of hydrogen-bond donors (Lipinski definition) is 2. The van der Waals surface area contributed by atoms with Gasteiger partial charge in [-0.15, -0.1) is 0 Å². The third kappa shape index (κ3) is 5.60. The normalized spacial score (nSPS) is 18.6. The van der Waals surface area contributed by atoms with Gasteiger partial charge in [0.25, 0.3) is 0 Å². The smallest absolute Gasteiger partial charge is 0.234 e. The van der Waals surface area contributed by atoms with E-state index in [1.807, 2.05) is 57.2 Å². The average molecular weight is 516 g/mol. The molecule has 1 heterocycles. The molecular weight excluding hydrogens is 482 g/mol. The summed E-state index contributed by atoms with van der Waals surface area (Å²) in [6.07, 6.45) is 1.12. The minimum Gasteiger partial charge on any atom is -0.497 e. The van der Waals surface area contributed by atoms with Gasteiger partial charge in [-0.3, -0.25) is 9.59 Å². The molecule has 1 atom stereocenters. The Kier molecular flexibility index (Phi) is 7.52. The predicted molar refractivity (Wildman–Crippen MR) is 148 cm³/mol. The van der Waals surface area contributed by atoms with Crippen molar-refractivity contribution in [2.75, 3.05) is 18.2 Å². The number of carbonyl (C=O) groups excluding carboxylic acids is 2. The highest BCUT2D eigenvalue weighted by Crippen LogP contribution is 2.48. The Bertz CT molecular complexity index is 1340. The number of anilines is 1. The average Bonchev–Trinajstić information content (AvgIpc) is 2.83. The largest absolute Gasteiger partial charge is 0.497 e. The molecule has 0 aromatic heterocycles. The summed E-state index contributed by atoms with van der Waals surface area (Å²) in [4.78, 5) is 26.3. The van der Waals surface area contributed by atoms with Gasteiger partial charge in [0.15, 0.2) is 5.78 Å². The number of nitriles is 1. The number of carbonyl (C=O) groups is 2. The van der Waals surface area contributed by atoms with Crippen LogP contribution in [0.2, 0.25) is 0 Å². The van der Waals surface area contributed by atoms with E-state index in [2.05, 4.69) is 30.6 Å². The van der Waals surface area contributed by atoms with Crippen LogP contribution in [0.3, 0.4) is 0 Å². The Balaban J connectivity index is 1.65. The van der Waals surface area contributed by atoms with Crippen LogP contribution in [0.1, 0.15) is 54.9 Å². The first-order valence-electron chi connectivity index (χ1n) is 12.3. The molecule has 4 rings (SSSR count). The number of dihydropyridines is 1. The zero-order valence-electron chi connectivity index (χ0n) is 22.2. The molecule has 0 bridgehead atoms. The zero-order valence-corrected chi connectivity index (χ0v) is 23.1. The van der Waals surface area contributed by atoms with Crippen molar-refractivity contribution >= 4 is 29.1 Å². The third-order valence-electron chi connectivity index (χ3n) is 6.86. The van der Waals surface area contributed by atoms with Crippen LogP contribution < -0.4 is 15.4 Å². The summed E-state index contributed by atoms with van der Waals surface area (Å²) < 4.78 is 5.31. The van der Waals surface area contributed by atoms with Crippen LogP contribution in [-0.2, 0) is 9.59 Å². The number of thioether (sulfide) groups is 1. The second-order valence-electron chi connectivity index (χ2n) is 10.6. The van der Waals surface area contributed by atoms with E-state index >= 15 is 0 Å². The Hall–Kier alpha value is -3.50. The number of hydrogen-bond acceptors (Lipinski definition) is 6. The lowest BCUT2D eigenvalue weighted by atomic mass is 9.69.